The van der Waals surface area contributed by atoms with Gasteiger partial charge in [-0.15, -0.1) is 10.1 Å². The van der Waals surface area contributed by atoms with E-state index in [9.17, 15) is 15.0 Å². The summed E-state index contributed by atoms with van der Waals surface area (Å²) in [5.41, 5.74) is 0. The van der Waals surface area contributed by atoms with Gasteiger partial charge in [0.05, 0.1) is 13.2 Å². The van der Waals surface area contributed by atoms with Crippen LogP contribution in [-0.4, -0.2) is 53.0 Å². The van der Waals surface area contributed by atoms with Gasteiger partial charge in [-0.1, -0.05) is 0 Å². The molecule has 0 spiro atoms. The van der Waals surface area contributed by atoms with Gasteiger partial charge in [0.25, 0.3) is 5.09 Å². The minimum Gasteiger partial charge on any atom is -0.369 e. The Balaban J connectivity index is 1.95. The van der Waals surface area contributed by atoms with E-state index >= 15 is 0 Å². The van der Waals surface area contributed by atoms with Gasteiger partial charge in [0.2, 0.25) is 6.10 Å². The van der Waals surface area contributed by atoms with Gasteiger partial charge in [0.1, 0.15) is 17.1 Å². The van der Waals surface area contributed by atoms with Crippen molar-refractivity contribution < 1.29 is 34.5 Å². The molecule has 2 saturated heterocycles. The summed E-state index contributed by atoms with van der Waals surface area (Å²) >= 11 is 0. The van der Waals surface area contributed by atoms with E-state index in [-0.39, 0.29) is 13.2 Å². The normalized spacial score (nSPS) is 36.8. The Morgan fingerprint density at radius 2 is 1.62 bits per heavy atom. The molecule has 10 nitrogen and oxygen atoms in total. The van der Waals surface area contributed by atoms with Gasteiger partial charge in [-0.2, -0.15) is 4.84 Å². The molecule has 10 heteroatoms. The summed E-state index contributed by atoms with van der Waals surface area (Å²) < 4.78 is 10.3. The van der Waals surface area contributed by atoms with E-state index < -0.39 is 34.6 Å². The van der Waals surface area contributed by atoms with Crippen LogP contribution in [0.1, 0.15) is 0 Å². The van der Waals surface area contributed by atoms with E-state index in [1.807, 2.05) is 0 Å². The zero-order valence-electron chi connectivity index (χ0n) is 7.92. The van der Waals surface area contributed by atoms with Gasteiger partial charge in [0.15, 0.2) is 6.10 Å². The van der Waals surface area contributed by atoms with Crippen LogP contribution in [-0.2, 0) is 19.1 Å². The van der Waals surface area contributed by atoms with Crippen molar-refractivity contribution in [2.75, 3.05) is 13.2 Å². The Labute approximate surface area is 88.2 Å². The maximum atomic E-state index is 10.2. The molecule has 2 aliphatic rings. The molecular formula is C6H9N2O8+. The number of rotatable bonds is 4. The van der Waals surface area contributed by atoms with Crippen molar-refractivity contribution >= 4 is 0 Å². The summed E-state index contributed by atoms with van der Waals surface area (Å²) in [5, 5.41) is 16.9. The average molecular weight is 237 g/mol. The molecule has 16 heavy (non-hydrogen) atoms. The smallest absolute Gasteiger partial charge is 0.369 e. The third-order valence-corrected chi connectivity index (χ3v) is 2.41. The predicted molar refractivity (Wildman–Crippen MR) is 41.6 cm³/mol. The van der Waals surface area contributed by atoms with Crippen molar-refractivity contribution in [1.29, 1.82) is 0 Å². The Kier molecular flexibility index (Phi) is 2.75. The Bertz CT molecular complexity index is 279. The van der Waals surface area contributed by atoms with Crippen LogP contribution < -0.4 is 0 Å². The molecule has 0 aliphatic carbocycles. The predicted octanol–water partition coefficient (Wildman–Crippen LogP) is -1.17. The number of nitrogens with zero attached hydrogens (tertiary/aromatic N) is 2. The van der Waals surface area contributed by atoms with Crippen LogP contribution in [0.2, 0.25) is 0 Å². The number of fused-ring (bicyclic) bond motifs is 1. The van der Waals surface area contributed by atoms with Gasteiger partial charge in [-0.05, 0) is 0 Å². The lowest BCUT2D eigenvalue weighted by atomic mass is 10.1. The van der Waals surface area contributed by atoms with Crippen LogP contribution in [0.3, 0.4) is 0 Å². The first-order valence-corrected chi connectivity index (χ1v) is 4.45. The highest BCUT2D eigenvalue weighted by Crippen LogP contribution is 2.30. The van der Waals surface area contributed by atoms with E-state index in [0.29, 0.717) is 0 Å². The molecule has 0 aromatic rings. The molecule has 2 rings (SSSR count). The van der Waals surface area contributed by atoms with Gasteiger partial charge in [0, 0.05) is 0 Å². The summed E-state index contributed by atoms with van der Waals surface area (Å²) in [5.74, 6) is 0. The second kappa shape index (κ2) is 4.06. The number of hydrogen-bond donors (Lipinski definition) is 1. The van der Waals surface area contributed by atoms with Crippen molar-refractivity contribution in [3.05, 3.63) is 15.0 Å². The SMILES string of the molecule is O=[N+]([O-])OC1COC2C1OC[C@H]2O[N+](=O)O. The van der Waals surface area contributed by atoms with Crippen molar-refractivity contribution in [3.8, 4) is 0 Å². The fourth-order valence-electron chi connectivity index (χ4n) is 1.84. The molecule has 0 bridgehead atoms. The summed E-state index contributed by atoms with van der Waals surface area (Å²) in [6, 6.07) is 0. The number of ether oxygens (including phenoxy) is 2. The highest BCUT2D eigenvalue weighted by atomic mass is 17.0. The highest BCUT2D eigenvalue weighted by molar-refractivity contribution is 4.94. The first-order chi connectivity index (χ1) is 7.58. The maximum Gasteiger partial charge on any atom is 0.475 e. The Morgan fingerprint density at radius 1 is 1.12 bits per heavy atom. The molecule has 90 valence electrons. The monoisotopic (exact) mass is 237 g/mol. The first-order valence-electron chi connectivity index (χ1n) is 4.45. The lowest BCUT2D eigenvalue weighted by molar-refractivity contribution is -0.982. The molecule has 1 N–H and O–H groups in total. The minimum atomic E-state index is -0.931. The van der Waals surface area contributed by atoms with Crippen molar-refractivity contribution in [1.82, 2.24) is 0 Å². The van der Waals surface area contributed by atoms with Crippen molar-refractivity contribution in [2.24, 2.45) is 0 Å². The van der Waals surface area contributed by atoms with Crippen molar-refractivity contribution in [2.45, 2.75) is 24.4 Å². The fourth-order valence-corrected chi connectivity index (χ4v) is 1.84. The molecule has 0 amide bonds. The van der Waals surface area contributed by atoms with Crippen LogP contribution in [0.25, 0.3) is 0 Å². The van der Waals surface area contributed by atoms with Gasteiger partial charge in [-0.3, -0.25) is 0 Å². The van der Waals surface area contributed by atoms with E-state index in [1.54, 1.807) is 0 Å². The van der Waals surface area contributed by atoms with Gasteiger partial charge in [-0.25, -0.2) is 5.21 Å². The molecule has 2 aliphatic heterocycles. The minimum absolute atomic E-state index is 0.00773. The van der Waals surface area contributed by atoms with Crippen molar-refractivity contribution in [3.63, 3.8) is 0 Å². The fraction of sp³-hybridized carbons (Fsp3) is 1.00. The molecule has 0 radical (unpaired) electrons. The highest BCUT2D eigenvalue weighted by Gasteiger charge is 2.53. The molecule has 3 unspecified atom stereocenters. The zero-order chi connectivity index (χ0) is 11.7. The zero-order valence-corrected chi connectivity index (χ0v) is 7.92. The van der Waals surface area contributed by atoms with Gasteiger partial charge >= 0.3 is 5.09 Å². The summed E-state index contributed by atoms with van der Waals surface area (Å²) in [7, 11) is 0. The van der Waals surface area contributed by atoms with Crippen LogP contribution in [0.4, 0.5) is 0 Å². The third kappa shape index (κ3) is 1.97. The van der Waals surface area contributed by atoms with E-state index in [1.165, 1.54) is 0 Å². The standard InChI is InChI=1S/C6H9N2O8/c9-7(10)15-3-1-13-6-4(16-8(11)12)2-14-5(3)6/h3-6H,1-2H2,(H,9,10)/q+1/t3-,4?,5?,6?/m1/s1. The molecule has 0 aromatic carbocycles. The first kappa shape index (κ1) is 10.8. The second-order valence-electron chi connectivity index (χ2n) is 3.35. The Hall–Kier alpha value is -1.68. The average Bonchev–Trinajstić information content (AvgIpc) is 2.70. The summed E-state index contributed by atoms with van der Waals surface area (Å²) in [4.78, 5) is 29.2. The summed E-state index contributed by atoms with van der Waals surface area (Å²) in [6.45, 7) is -0.0351. The molecule has 0 aromatic heterocycles. The van der Waals surface area contributed by atoms with E-state index in [4.69, 9.17) is 14.7 Å². The Morgan fingerprint density at radius 3 is 2.06 bits per heavy atom. The third-order valence-electron chi connectivity index (χ3n) is 2.41. The van der Waals surface area contributed by atoms with Crippen LogP contribution >= 0.6 is 0 Å². The topological polar surface area (TPSA) is 120 Å². The summed E-state index contributed by atoms with van der Waals surface area (Å²) in [6.07, 6.45) is -2.97. The van der Waals surface area contributed by atoms with E-state index in [0.717, 1.165) is 0 Å². The maximum absolute atomic E-state index is 10.2. The molecule has 2 fully saturated rings. The lowest BCUT2D eigenvalue weighted by Crippen LogP contribution is -2.35. The lowest BCUT2D eigenvalue weighted by Gasteiger charge is -2.12. The molecule has 2 heterocycles. The molecule has 0 saturated carbocycles. The molecular weight excluding hydrogens is 228 g/mol. The second-order valence-corrected chi connectivity index (χ2v) is 3.35. The molecule has 4 atom stereocenters. The van der Waals surface area contributed by atoms with Crippen LogP contribution in [0.5, 0.6) is 0 Å². The van der Waals surface area contributed by atoms with Crippen LogP contribution in [0, 0.1) is 15.0 Å². The van der Waals surface area contributed by atoms with Crippen LogP contribution in [0.15, 0.2) is 0 Å². The number of hydrogen-bond acceptors (Lipinski definition) is 7. The largest absolute Gasteiger partial charge is 0.475 e. The van der Waals surface area contributed by atoms with E-state index in [2.05, 4.69) is 9.68 Å². The quantitative estimate of drug-likeness (QED) is 0.479. The van der Waals surface area contributed by atoms with Gasteiger partial charge < -0.3 is 14.3 Å².